The van der Waals surface area contributed by atoms with Crippen LogP contribution in [0.25, 0.3) is 0 Å². The highest BCUT2D eigenvalue weighted by molar-refractivity contribution is 5.84. The van der Waals surface area contributed by atoms with Gasteiger partial charge in [0.15, 0.2) is 6.10 Å². The van der Waals surface area contributed by atoms with Crippen molar-refractivity contribution in [3.8, 4) is 5.75 Å². The molecule has 2 fully saturated rings. The van der Waals surface area contributed by atoms with Gasteiger partial charge in [-0.25, -0.2) is 4.79 Å². The molecule has 0 saturated carbocycles. The second kappa shape index (κ2) is 9.55. The summed E-state index contributed by atoms with van der Waals surface area (Å²) in [6.07, 6.45) is -1.25. The number of ether oxygens (including phenoxy) is 4. The molecular weight excluding hydrogens is 398 g/mol. The van der Waals surface area contributed by atoms with Crippen LogP contribution in [0.4, 0.5) is 16.2 Å². The third-order valence-corrected chi connectivity index (χ3v) is 5.75. The third-order valence-electron chi connectivity index (χ3n) is 5.75. The van der Waals surface area contributed by atoms with Gasteiger partial charge in [-0.2, -0.15) is 0 Å². The Bertz CT molecular complexity index is 872. The van der Waals surface area contributed by atoms with Crippen molar-refractivity contribution in [2.24, 2.45) is 0 Å². The number of fused-ring (bicyclic) bond motifs is 1. The summed E-state index contributed by atoms with van der Waals surface area (Å²) < 4.78 is 22.6. The normalized spacial score (nSPS) is 24.5. The van der Waals surface area contributed by atoms with E-state index in [0.717, 1.165) is 12.3 Å². The van der Waals surface area contributed by atoms with Gasteiger partial charge in [-0.15, -0.1) is 0 Å². The molecule has 0 unspecified atom stereocenters. The average Bonchev–Trinajstić information content (AvgIpc) is 3.36. The lowest BCUT2D eigenvalue weighted by Crippen LogP contribution is -2.91. The van der Waals surface area contributed by atoms with Gasteiger partial charge in [-0.05, 0) is 36.4 Å². The van der Waals surface area contributed by atoms with Crippen molar-refractivity contribution in [3.63, 3.8) is 0 Å². The second-order valence-corrected chi connectivity index (χ2v) is 8.06. The number of nitrogens with zero attached hydrogens (tertiary/aromatic N) is 1. The molecule has 0 aromatic heterocycles. The third kappa shape index (κ3) is 5.10. The van der Waals surface area contributed by atoms with Gasteiger partial charge in [-0.3, -0.25) is 5.32 Å². The minimum Gasteiger partial charge on any atom is -0.497 e. The van der Waals surface area contributed by atoms with E-state index in [1.807, 2.05) is 14.1 Å². The van der Waals surface area contributed by atoms with Gasteiger partial charge in [0.1, 0.15) is 37.2 Å². The van der Waals surface area contributed by atoms with Crippen molar-refractivity contribution in [3.05, 3.63) is 54.1 Å². The predicted octanol–water partition coefficient (Wildman–Crippen LogP) is 1.61. The highest BCUT2D eigenvalue weighted by Crippen LogP contribution is 2.28. The smallest absolute Gasteiger partial charge is 0.412 e. The van der Waals surface area contributed by atoms with Crippen molar-refractivity contribution >= 4 is 17.5 Å². The molecule has 2 aliphatic heterocycles. The maximum absolute atomic E-state index is 12.3. The molecule has 8 nitrogen and oxygen atoms in total. The van der Waals surface area contributed by atoms with Crippen molar-refractivity contribution in [2.75, 3.05) is 44.6 Å². The molecule has 2 heterocycles. The van der Waals surface area contributed by atoms with Crippen LogP contribution in [-0.2, 0) is 20.8 Å². The van der Waals surface area contributed by atoms with E-state index in [9.17, 15) is 4.79 Å². The number of hydrogen-bond donors (Lipinski definition) is 2. The van der Waals surface area contributed by atoms with Gasteiger partial charge in [0.2, 0.25) is 0 Å². The number of quaternary nitrogens is 1. The standard InChI is InChI=1S/C23H29N3O5/c1-26(2)17-8-4-15(5-9-17)12-24-19-13-29-22-20(14-30-21(19)22)31-23(27)25-16-6-10-18(28-3)11-7-16/h4-11,19-22,24H,12-14H2,1-3H3,(H,25,27)/p+1/t19-,20+,21+,22+/m0/s1. The molecule has 3 N–H and O–H groups in total. The lowest BCUT2D eigenvalue weighted by molar-refractivity contribution is -0.707. The zero-order chi connectivity index (χ0) is 21.8. The quantitative estimate of drug-likeness (QED) is 0.697. The number of anilines is 2. The Kier molecular flexibility index (Phi) is 6.60. The second-order valence-electron chi connectivity index (χ2n) is 8.06. The largest absolute Gasteiger partial charge is 0.497 e. The lowest BCUT2D eigenvalue weighted by atomic mass is 10.1. The Morgan fingerprint density at radius 3 is 2.45 bits per heavy atom. The van der Waals surface area contributed by atoms with E-state index in [1.54, 1.807) is 31.4 Å². The number of methoxy groups -OCH3 is 1. The van der Waals surface area contributed by atoms with Crippen LogP contribution in [0, 0.1) is 0 Å². The van der Waals surface area contributed by atoms with E-state index in [2.05, 4.69) is 39.8 Å². The van der Waals surface area contributed by atoms with E-state index in [1.165, 1.54) is 11.3 Å². The molecule has 0 spiro atoms. The van der Waals surface area contributed by atoms with Gasteiger partial charge < -0.3 is 29.2 Å². The summed E-state index contributed by atoms with van der Waals surface area (Å²) in [4.78, 5) is 14.4. The Morgan fingerprint density at radius 1 is 1.06 bits per heavy atom. The Hall–Kier alpha value is -2.81. The Balaban J connectivity index is 1.26. The van der Waals surface area contributed by atoms with Crippen LogP contribution in [0.3, 0.4) is 0 Å². The summed E-state index contributed by atoms with van der Waals surface area (Å²) in [7, 11) is 5.66. The summed E-state index contributed by atoms with van der Waals surface area (Å²) in [5, 5.41) is 4.98. The summed E-state index contributed by atoms with van der Waals surface area (Å²) in [6, 6.07) is 15.8. The minimum atomic E-state index is -0.517. The highest BCUT2D eigenvalue weighted by atomic mass is 16.6. The van der Waals surface area contributed by atoms with Crippen molar-refractivity contribution < 1.29 is 29.1 Å². The molecule has 2 aromatic carbocycles. The van der Waals surface area contributed by atoms with Gasteiger partial charge >= 0.3 is 6.09 Å². The molecule has 4 atom stereocenters. The molecule has 2 aromatic rings. The average molecular weight is 429 g/mol. The number of nitrogens with two attached hydrogens (primary N) is 1. The lowest BCUT2D eigenvalue weighted by Gasteiger charge is -2.17. The van der Waals surface area contributed by atoms with E-state index >= 15 is 0 Å². The molecule has 0 radical (unpaired) electrons. The first-order valence-electron chi connectivity index (χ1n) is 10.5. The minimum absolute atomic E-state index is 0.0835. The first kappa shape index (κ1) is 21.4. The first-order valence-corrected chi connectivity index (χ1v) is 10.5. The maximum Gasteiger partial charge on any atom is 0.412 e. The molecule has 0 bridgehead atoms. The molecule has 0 aliphatic carbocycles. The fourth-order valence-electron chi connectivity index (χ4n) is 3.97. The number of amides is 1. The summed E-state index contributed by atoms with van der Waals surface area (Å²) in [5.74, 6) is 0.723. The number of carbonyl (C=O) groups excluding carboxylic acids is 1. The molecule has 2 saturated heterocycles. The molecule has 2 aliphatic rings. The summed E-state index contributed by atoms with van der Waals surface area (Å²) >= 11 is 0. The fourth-order valence-corrected chi connectivity index (χ4v) is 3.97. The van der Waals surface area contributed by atoms with Gasteiger partial charge in [-0.1, -0.05) is 12.1 Å². The van der Waals surface area contributed by atoms with Crippen LogP contribution < -0.4 is 20.3 Å². The van der Waals surface area contributed by atoms with Crippen molar-refractivity contribution in [1.29, 1.82) is 0 Å². The topological polar surface area (TPSA) is 85.9 Å². The number of benzene rings is 2. The SMILES string of the molecule is COc1ccc(NC(=O)O[C@@H]2CO[C@H]3[C@@H]2OC[C@@H]3[NH2+]Cc2ccc(N(C)C)cc2)cc1. The van der Waals surface area contributed by atoms with Crippen molar-refractivity contribution in [2.45, 2.75) is 30.9 Å². The molecule has 166 valence electrons. The number of rotatable bonds is 7. The van der Waals surface area contributed by atoms with Crippen molar-refractivity contribution in [1.82, 2.24) is 0 Å². The molecule has 31 heavy (non-hydrogen) atoms. The maximum atomic E-state index is 12.3. The first-order chi connectivity index (χ1) is 15.0. The fraction of sp³-hybridized carbons (Fsp3) is 0.435. The Morgan fingerprint density at radius 2 is 1.77 bits per heavy atom. The highest BCUT2D eigenvalue weighted by Gasteiger charge is 2.51. The zero-order valence-electron chi connectivity index (χ0n) is 18.1. The van der Waals surface area contributed by atoms with Crippen LogP contribution in [0.1, 0.15) is 5.56 Å². The van der Waals surface area contributed by atoms with E-state index in [4.69, 9.17) is 18.9 Å². The summed E-state index contributed by atoms with van der Waals surface area (Å²) in [6.45, 7) is 1.76. The van der Waals surface area contributed by atoms with Crippen LogP contribution in [-0.4, -0.2) is 64.9 Å². The van der Waals surface area contributed by atoms with Gasteiger partial charge in [0.25, 0.3) is 0 Å². The number of carbonyl (C=O) groups is 1. The van der Waals surface area contributed by atoms with Crippen LogP contribution in [0.15, 0.2) is 48.5 Å². The van der Waals surface area contributed by atoms with Crippen LogP contribution in [0.5, 0.6) is 5.75 Å². The molecule has 8 heteroatoms. The molecular formula is C23H30N3O5+. The molecule has 4 rings (SSSR count). The zero-order valence-corrected chi connectivity index (χ0v) is 18.1. The van der Waals surface area contributed by atoms with Gasteiger partial charge in [0, 0.05) is 31.0 Å². The molecule has 1 amide bonds. The summed E-state index contributed by atoms with van der Waals surface area (Å²) in [5.41, 5.74) is 3.07. The number of hydrogen-bond acceptors (Lipinski definition) is 6. The van der Waals surface area contributed by atoms with Crippen LogP contribution >= 0.6 is 0 Å². The van der Waals surface area contributed by atoms with E-state index in [-0.39, 0.29) is 18.2 Å². The monoisotopic (exact) mass is 428 g/mol. The van der Waals surface area contributed by atoms with E-state index in [0.29, 0.717) is 18.9 Å². The van der Waals surface area contributed by atoms with E-state index < -0.39 is 12.2 Å². The predicted molar refractivity (Wildman–Crippen MR) is 117 cm³/mol. The van der Waals surface area contributed by atoms with Gasteiger partial charge in [0.05, 0.1) is 13.7 Å². The number of nitrogens with one attached hydrogen (secondary N) is 1. The Labute approximate surface area is 182 Å². The van der Waals surface area contributed by atoms with Crippen LogP contribution in [0.2, 0.25) is 0 Å².